The number of halogens is 1. The molecule has 0 bridgehead atoms. The zero-order valence-corrected chi connectivity index (χ0v) is 18.7. The van der Waals surface area contributed by atoms with E-state index in [1.807, 2.05) is 18.2 Å². The summed E-state index contributed by atoms with van der Waals surface area (Å²) in [6.07, 6.45) is 6.38. The second-order valence-corrected chi connectivity index (χ2v) is 9.81. The van der Waals surface area contributed by atoms with E-state index in [1.54, 1.807) is 19.2 Å². The third kappa shape index (κ3) is 5.07. The Hall–Kier alpha value is -1.57. The molecule has 1 N–H and O–H groups in total. The van der Waals surface area contributed by atoms with Gasteiger partial charge >= 0.3 is 0 Å². The summed E-state index contributed by atoms with van der Waals surface area (Å²) in [4.78, 5) is 1.56. The molecule has 0 aromatic heterocycles. The van der Waals surface area contributed by atoms with Gasteiger partial charge in [0.05, 0.1) is 29.6 Å². The van der Waals surface area contributed by atoms with Crippen LogP contribution in [0.1, 0.15) is 37.7 Å². The molecule has 7 heteroatoms. The number of nitrogens with one attached hydrogen (secondary N) is 1. The quantitative estimate of drug-likeness (QED) is 0.664. The lowest BCUT2D eigenvalue weighted by atomic mass is 9.94. The molecule has 152 valence electrons. The van der Waals surface area contributed by atoms with E-state index in [4.69, 9.17) is 4.74 Å². The van der Waals surface area contributed by atoms with Crippen LogP contribution in [0.25, 0.3) is 4.72 Å². The van der Waals surface area contributed by atoms with Crippen LogP contribution in [0, 0.1) is 0 Å². The van der Waals surface area contributed by atoms with Crippen LogP contribution in [-0.2, 0) is 16.6 Å². The average Bonchev–Trinajstić information content (AvgIpc) is 2.70. The Morgan fingerprint density at radius 1 is 1.14 bits per heavy atom. The maximum atomic E-state index is 12.9. The lowest BCUT2D eigenvalue weighted by Gasteiger charge is -2.31. The topological polar surface area (TPSA) is 61.9 Å². The molecule has 0 spiro atoms. The fraction of sp³-hybridized carbons (Fsp3) is 0.429. The van der Waals surface area contributed by atoms with Crippen LogP contribution in [0.2, 0.25) is 0 Å². The van der Waals surface area contributed by atoms with E-state index in [2.05, 4.69) is 27.7 Å². The van der Waals surface area contributed by atoms with Crippen molar-refractivity contribution in [3.05, 3.63) is 57.2 Å². The molecule has 2 aromatic rings. The normalized spacial score (nSPS) is 16.5. The Morgan fingerprint density at radius 2 is 1.86 bits per heavy atom. The Morgan fingerprint density at radius 3 is 2.54 bits per heavy atom. The first-order valence-corrected chi connectivity index (χ1v) is 11.9. The predicted molar refractivity (Wildman–Crippen MR) is 115 cm³/mol. The maximum absolute atomic E-state index is 12.9. The van der Waals surface area contributed by atoms with Crippen molar-refractivity contribution in [2.45, 2.75) is 49.6 Å². The van der Waals surface area contributed by atoms with Gasteiger partial charge < -0.3 is 14.4 Å². The molecule has 2 aromatic carbocycles. The van der Waals surface area contributed by atoms with Crippen LogP contribution in [0.5, 0.6) is 5.75 Å². The van der Waals surface area contributed by atoms with Crippen LogP contribution in [-0.4, -0.2) is 28.6 Å². The lowest BCUT2D eigenvalue weighted by Crippen LogP contribution is -3.11. The molecular formula is C21H27BrN2O3S. The summed E-state index contributed by atoms with van der Waals surface area (Å²) in [5.41, 5.74) is 1.48. The SMILES string of the molecule is COc1ccc(S(=O)(=O)[N-]c2ccccc2C[NH+](C)C2CCCCC2)cc1Br. The fourth-order valence-electron chi connectivity index (χ4n) is 3.78. The van der Waals surface area contributed by atoms with Gasteiger partial charge in [0.15, 0.2) is 0 Å². The van der Waals surface area contributed by atoms with Gasteiger partial charge in [0.25, 0.3) is 0 Å². The van der Waals surface area contributed by atoms with Gasteiger partial charge in [0, 0.05) is 0 Å². The Bertz CT molecular complexity index is 912. The minimum atomic E-state index is -3.81. The minimum Gasteiger partial charge on any atom is -0.572 e. The summed E-state index contributed by atoms with van der Waals surface area (Å²) in [6, 6.07) is 12.8. The van der Waals surface area contributed by atoms with E-state index >= 15 is 0 Å². The highest BCUT2D eigenvalue weighted by Gasteiger charge is 2.21. The first-order chi connectivity index (χ1) is 13.4. The van der Waals surface area contributed by atoms with E-state index in [0.29, 0.717) is 22.0 Å². The van der Waals surface area contributed by atoms with Gasteiger partial charge in [-0.05, 0) is 65.4 Å². The summed E-state index contributed by atoms with van der Waals surface area (Å²) in [7, 11) is -0.0758. The van der Waals surface area contributed by atoms with Crippen molar-refractivity contribution >= 4 is 31.6 Å². The van der Waals surface area contributed by atoms with E-state index in [1.165, 1.54) is 49.1 Å². The third-order valence-corrected chi connectivity index (χ3v) is 7.31. The molecule has 28 heavy (non-hydrogen) atoms. The molecule has 0 aliphatic heterocycles. The minimum absolute atomic E-state index is 0.142. The number of quaternary nitrogens is 1. The van der Waals surface area contributed by atoms with Gasteiger partial charge in [0.2, 0.25) is 0 Å². The molecule has 1 aliphatic rings. The molecule has 1 saturated carbocycles. The van der Waals surface area contributed by atoms with Gasteiger partial charge in [0.1, 0.15) is 22.3 Å². The van der Waals surface area contributed by atoms with Crippen LogP contribution in [0.15, 0.2) is 51.8 Å². The first-order valence-electron chi connectivity index (χ1n) is 9.62. The van der Waals surface area contributed by atoms with Crippen molar-refractivity contribution in [2.24, 2.45) is 0 Å². The van der Waals surface area contributed by atoms with E-state index in [0.717, 1.165) is 12.1 Å². The van der Waals surface area contributed by atoms with E-state index in [9.17, 15) is 8.42 Å². The highest BCUT2D eigenvalue weighted by atomic mass is 79.9. The number of methoxy groups -OCH3 is 1. The second kappa shape index (κ2) is 9.29. The number of hydrogen-bond acceptors (Lipinski definition) is 3. The van der Waals surface area contributed by atoms with Crippen molar-refractivity contribution in [3.63, 3.8) is 0 Å². The zero-order chi connectivity index (χ0) is 20.1. The largest absolute Gasteiger partial charge is 0.572 e. The van der Waals surface area contributed by atoms with Gasteiger partial charge in [-0.2, -0.15) is 0 Å². The van der Waals surface area contributed by atoms with Gasteiger partial charge in [-0.25, -0.2) is 8.42 Å². The lowest BCUT2D eigenvalue weighted by molar-refractivity contribution is -0.921. The van der Waals surface area contributed by atoms with Crippen molar-refractivity contribution in [3.8, 4) is 5.75 Å². The average molecular weight is 467 g/mol. The molecule has 0 radical (unpaired) electrons. The summed E-state index contributed by atoms with van der Waals surface area (Å²) in [5, 5.41) is 0. The molecule has 1 fully saturated rings. The van der Waals surface area contributed by atoms with Gasteiger partial charge in [-0.1, -0.05) is 30.7 Å². The number of hydrogen-bond donors (Lipinski definition) is 1. The van der Waals surface area contributed by atoms with Crippen LogP contribution in [0.4, 0.5) is 5.69 Å². The van der Waals surface area contributed by atoms with Crippen LogP contribution >= 0.6 is 15.9 Å². The third-order valence-electron chi connectivity index (χ3n) is 5.40. The van der Waals surface area contributed by atoms with Crippen molar-refractivity contribution in [2.75, 3.05) is 14.2 Å². The summed E-state index contributed by atoms with van der Waals surface area (Å²) in [5.74, 6) is 0.581. The second-order valence-electron chi connectivity index (χ2n) is 7.35. The van der Waals surface area contributed by atoms with E-state index < -0.39 is 10.0 Å². The Balaban J connectivity index is 1.79. The molecule has 1 aliphatic carbocycles. The Kier molecular flexibility index (Phi) is 7.01. The summed E-state index contributed by atoms with van der Waals surface area (Å²) < 4.78 is 35.6. The standard InChI is InChI=1S/C21H26BrN2O3S/c1-24(17-9-4-3-5-10-17)15-16-8-6-7-11-20(16)23-28(25,26)18-12-13-21(27-2)19(22)14-18/h6-8,11-14,17H,3-5,9-10,15H2,1-2H3/q-1/p+1. The summed E-state index contributed by atoms with van der Waals surface area (Å²) >= 11 is 3.34. The smallest absolute Gasteiger partial charge is 0.133 e. The number of nitrogens with zero attached hydrogens (tertiary/aromatic N) is 1. The molecule has 1 unspecified atom stereocenters. The highest BCUT2D eigenvalue weighted by Crippen LogP contribution is 2.34. The van der Waals surface area contributed by atoms with E-state index in [-0.39, 0.29) is 4.90 Å². The van der Waals surface area contributed by atoms with Crippen molar-refractivity contribution in [1.29, 1.82) is 0 Å². The van der Waals surface area contributed by atoms with Crippen LogP contribution < -0.4 is 9.64 Å². The predicted octanol–water partition coefficient (Wildman–Crippen LogP) is 4.20. The molecule has 0 amide bonds. The van der Waals surface area contributed by atoms with Crippen LogP contribution in [0.3, 0.4) is 0 Å². The molecule has 3 rings (SSSR count). The van der Waals surface area contributed by atoms with Gasteiger partial charge in [-0.15, -0.1) is 5.69 Å². The molecule has 5 nitrogen and oxygen atoms in total. The number of benzene rings is 2. The molecule has 0 heterocycles. The number of ether oxygens (including phenoxy) is 1. The zero-order valence-electron chi connectivity index (χ0n) is 16.3. The van der Waals surface area contributed by atoms with Crippen molar-refractivity contribution in [1.82, 2.24) is 0 Å². The molecule has 0 saturated heterocycles. The Labute approximate surface area is 176 Å². The maximum Gasteiger partial charge on any atom is 0.133 e. The summed E-state index contributed by atoms with van der Waals surface area (Å²) in [6.45, 7) is 0.770. The first kappa shape index (κ1) is 21.1. The fourth-order valence-corrected chi connectivity index (χ4v) is 5.52. The highest BCUT2D eigenvalue weighted by molar-refractivity contribution is 9.10. The number of rotatable bonds is 7. The van der Waals surface area contributed by atoms with Gasteiger partial charge in [-0.3, -0.25) is 0 Å². The molecule has 1 atom stereocenters. The number of sulfonamides is 1. The van der Waals surface area contributed by atoms with Crippen molar-refractivity contribution < 1.29 is 18.1 Å². The molecular weight excluding hydrogens is 440 g/mol. The monoisotopic (exact) mass is 466 g/mol.